The molecule has 1 saturated heterocycles. The third-order valence-electron chi connectivity index (χ3n) is 3.71. The highest BCUT2D eigenvalue weighted by Crippen LogP contribution is 2.26. The number of hydrogen-bond donors (Lipinski definition) is 1. The molecule has 1 fully saturated rings. The molecule has 21 heavy (non-hydrogen) atoms. The Kier molecular flexibility index (Phi) is 4.75. The van der Waals surface area contributed by atoms with Crippen molar-refractivity contribution in [1.29, 1.82) is 0 Å². The maximum atomic E-state index is 12.7. The van der Waals surface area contributed by atoms with Crippen LogP contribution in [0.2, 0.25) is 0 Å². The van der Waals surface area contributed by atoms with Crippen LogP contribution in [0.1, 0.15) is 18.9 Å². The van der Waals surface area contributed by atoms with E-state index in [0.717, 1.165) is 12.0 Å². The molecule has 118 valence electrons. The maximum Gasteiger partial charge on any atom is 0.183 e. The Hall–Kier alpha value is -0.920. The van der Waals surface area contributed by atoms with Crippen LogP contribution in [0.15, 0.2) is 29.2 Å². The van der Waals surface area contributed by atoms with Crippen LogP contribution in [0.3, 0.4) is 0 Å². The van der Waals surface area contributed by atoms with Crippen LogP contribution in [-0.4, -0.2) is 46.2 Å². The lowest BCUT2D eigenvalue weighted by Crippen LogP contribution is -2.43. The molecule has 1 N–H and O–H groups in total. The SMILES string of the molecule is CCCN[C@@H]1CS(=O)(=O)C[C@H]1S(=O)(=O)c1ccc(C)cc1. The molecule has 0 spiro atoms. The lowest BCUT2D eigenvalue weighted by molar-refractivity contribution is 0.525. The summed E-state index contributed by atoms with van der Waals surface area (Å²) in [4.78, 5) is 0.193. The highest BCUT2D eigenvalue weighted by molar-refractivity contribution is 7.96. The second-order valence-corrected chi connectivity index (χ2v) is 9.85. The fourth-order valence-electron chi connectivity index (χ4n) is 2.54. The summed E-state index contributed by atoms with van der Waals surface area (Å²) >= 11 is 0. The van der Waals surface area contributed by atoms with Crippen molar-refractivity contribution in [2.45, 2.75) is 36.5 Å². The summed E-state index contributed by atoms with van der Waals surface area (Å²) in [5.41, 5.74) is 0.966. The molecule has 0 aromatic heterocycles. The lowest BCUT2D eigenvalue weighted by atomic mass is 10.2. The number of benzene rings is 1. The Labute approximate surface area is 126 Å². The number of nitrogens with one attached hydrogen (secondary N) is 1. The standard InChI is InChI=1S/C14H21NO4S2/c1-3-8-15-13-9-20(16,17)10-14(13)21(18,19)12-6-4-11(2)5-7-12/h4-7,13-15H,3,8-10H2,1-2H3/t13-,14-/m1/s1. The molecule has 1 aromatic carbocycles. The second kappa shape index (κ2) is 6.06. The molecule has 7 heteroatoms. The largest absolute Gasteiger partial charge is 0.312 e. The molecule has 0 radical (unpaired) electrons. The van der Waals surface area contributed by atoms with Crippen molar-refractivity contribution in [3.8, 4) is 0 Å². The molecule has 0 unspecified atom stereocenters. The maximum absolute atomic E-state index is 12.7. The first-order chi connectivity index (χ1) is 9.76. The van der Waals surface area contributed by atoms with Gasteiger partial charge in [0.2, 0.25) is 0 Å². The van der Waals surface area contributed by atoms with Gasteiger partial charge in [-0.1, -0.05) is 24.6 Å². The first-order valence-corrected chi connectivity index (χ1v) is 10.4. The number of hydrogen-bond acceptors (Lipinski definition) is 5. The Morgan fingerprint density at radius 2 is 1.81 bits per heavy atom. The fraction of sp³-hybridized carbons (Fsp3) is 0.571. The van der Waals surface area contributed by atoms with E-state index in [1.807, 2.05) is 13.8 Å². The second-order valence-electron chi connectivity index (χ2n) is 5.53. The van der Waals surface area contributed by atoms with E-state index in [1.54, 1.807) is 24.3 Å². The summed E-state index contributed by atoms with van der Waals surface area (Å²) in [7, 11) is -6.96. The van der Waals surface area contributed by atoms with Crippen molar-refractivity contribution in [2.75, 3.05) is 18.1 Å². The third kappa shape index (κ3) is 3.64. The van der Waals surface area contributed by atoms with Crippen molar-refractivity contribution in [2.24, 2.45) is 0 Å². The minimum absolute atomic E-state index is 0.108. The van der Waals surface area contributed by atoms with Crippen LogP contribution in [0, 0.1) is 6.92 Å². The molecule has 0 bridgehead atoms. The average Bonchev–Trinajstić information content (AvgIpc) is 2.73. The molecule has 0 amide bonds. The molecule has 1 aromatic rings. The summed E-state index contributed by atoms with van der Waals surface area (Å²) in [6.07, 6.45) is 0.827. The van der Waals surface area contributed by atoms with E-state index in [-0.39, 0.29) is 16.4 Å². The molecular formula is C14H21NO4S2. The summed E-state index contributed by atoms with van der Waals surface area (Å²) in [6.45, 7) is 4.45. The fourth-order valence-corrected chi connectivity index (χ4v) is 7.26. The van der Waals surface area contributed by atoms with Crippen LogP contribution >= 0.6 is 0 Å². The molecule has 0 saturated carbocycles. The summed E-state index contributed by atoms with van der Waals surface area (Å²) in [5.74, 6) is -0.409. The van der Waals surface area contributed by atoms with Crippen molar-refractivity contribution >= 4 is 19.7 Å². The van der Waals surface area contributed by atoms with Gasteiger partial charge in [0.05, 0.1) is 21.7 Å². The molecule has 2 atom stereocenters. The van der Waals surface area contributed by atoms with E-state index in [0.29, 0.717) is 6.54 Å². The molecular weight excluding hydrogens is 310 g/mol. The molecule has 5 nitrogen and oxygen atoms in total. The van der Waals surface area contributed by atoms with Gasteiger partial charge in [-0.3, -0.25) is 0 Å². The Balaban J connectivity index is 2.34. The van der Waals surface area contributed by atoms with E-state index < -0.39 is 31.0 Å². The first-order valence-electron chi connectivity index (χ1n) is 7.00. The average molecular weight is 331 g/mol. The van der Waals surface area contributed by atoms with E-state index in [4.69, 9.17) is 0 Å². The Morgan fingerprint density at radius 3 is 2.38 bits per heavy atom. The van der Waals surface area contributed by atoms with E-state index >= 15 is 0 Å². The lowest BCUT2D eigenvalue weighted by Gasteiger charge is -2.19. The van der Waals surface area contributed by atoms with Gasteiger partial charge in [0.1, 0.15) is 0 Å². The number of aryl methyl sites for hydroxylation is 1. The minimum atomic E-state index is -3.65. The molecule has 0 aliphatic carbocycles. The zero-order valence-corrected chi connectivity index (χ0v) is 13.9. The van der Waals surface area contributed by atoms with Crippen LogP contribution in [0.5, 0.6) is 0 Å². The van der Waals surface area contributed by atoms with E-state index in [1.165, 1.54) is 0 Å². The number of rotatable bonds is 5. The van der Waals surface area contributed by atoms with Gasteiger partial charge in [-0.15, -0.1) is 0 Å². The van der Waals surface area contributed by atoms with E-state index in [2.05, 4.69) is 5.32 Å². The number of sulfone groups is 2. The van der Waals surface area contributed by atoms with Gasteiger partial charge in [0.15, 0.2) is 19.7 Å². The summed E-state index contributed by atoms with van der Waals surface area (Å²) < 4.78 is 49.1. The smallest absolute Gasteiger partial charge is 0.183 e. The van der Waals surface area contributed by atoms with Crippen molar-refractivity contribution in [3.63, 3.8) is 0 Å². The van der Waals surface area contributed by atoms with Crippen LogP contribution in [0.4, 0.5) is 0 Å². The molecule has 1 aliphatic heterocycles. The van der Waals surface area contributed by atoms with Crippen LogP contribution in [0.25, 0.3) is 0 Å². The van der Waals surface area contributed by atoms with Gasteiger partial charge in [-0.25, -0.2) is 16.8 Å². The van der Waals surface area contributed by atoms with Crippen LogP contribution < -0.4 is 5.32 Å². The molecule has 1 aliphatic rings. The predicted octanol–water partition coefficient (Wildman–Crippen LogP) is 0.934. The zero-order chi connectivity index (χ0) is 15.7. The van der Waals surface area contributed by atoms with Gasteiger partial charge in [-0.05, 0) is 32.0 Å². The van der Waals surface area contributed by atoms with Gasteiger partial charge >= 0.3 is 0 Å². The Bertz CT molecular complexity index is 693. The van der Waals surface area contributed by atoms with E-state index in [9.17, 15) is 16.8 Å². The zero-order valence-electron chi connectivity index (χ0n) is 12.2. The van der Waals surface area contributed by atoms with Crippen LogP contribution in [-0.2, 0) is 19.7 Å². The summed E-state index contributed by atoms with van der Waals surface area (Å²) in [6, 6.07) is 6.02. The van der Waals surface area contributed by atoms with Gasteiger partial charge < -0.3 is 5.32 Å². The minimum Gasteiger partial charge on any atom is -0.312 e. The third-order valence-corrected chi connectivity index (χ3v) is 7.87. The van der Waals surface area contributed by atoms with Crippen molar-refractivity contribution in [1.82, 2.24) is 5.32 Å². The van der Waals surface area contributed by atoms with Crippen molar-refractivity contribution in [3.05, 3.63) is 29.8 Å². The highest BCUT2D eigenvalue weighted by atomic mass is 32.2. The van der Waals surface area contributed by atoms with Gasteiger partial charge in [-0.2, -0.15) is 0 Å². The molecule has 1 heterocycles. The predicted molar refractivity (Wildman–Crippen MR) is 82.9 cm³/mol. The first kappa shape index (κ1) is 16.5. The normalized spacial score (nSPS) is 25.0. The van der Waals surface area contributed by atoms with Gasteiger partial charge in [0, 0.05) is 6.04 Å². The highest BCUT2D eigenvalue weighted by Gasteiger charge is 2.45. The summed E-state index contributed by atoms with van der Waals surface area (Å²) in [5, 5.41) is 2.16. The quantitative estimate of drug-likeness (QED) is 0.868. The molecule has 2 rings (SSSR count). The van der Waals surface area contributed by atoms with Gasteiger partial charge in [0.25, 0.3) is 0 Å². The van der Waals surface area contributed by atoms with Crippen molar-refractivity contribution < 1.29 is 16.8 Å². The Morgan fingerprint density at radius 1 is 1.19 bits per heavy atom. The monoisotopic (exact) mass is 331 g/mol. The topological polar surface area (TPSA) is 80.3 Å².